The highest BCUT2D eigenvalue weighted by Gasteiger charge is 2.14. The number of aromatic amines is 1. The molecule has 0 aliphatic rings. The number of aromatic carboxylic acids is 1. The number of methoxy groups -OCH3 is 2. The Bertz CT molecular complexity index is 532. The first-order valence-electron chi connectivity index (χ1n) is 5.08. The molecule has 0 bridgehead atoms. The second-order valence-corrected chi connectivity index (χ2v) is 3.57. The maximum Gasteiger partial charge on any atom is 0.342 e. The van der Waals surface area contributed by atoms with E-state index in [1.54, 1.807) is 0 Å². The molecule has 2 N–H and O–H groups in total. The van der Waals surface area contributed by atoms with Crippen LogP contribution < -0.4 is 11.2 Å². The SMILES string of the molecule is COCC(Cn1cc(C(=O)O)c(=O)[nH]c1=O)OC. The second kappa shape index (κ2) is 6.12. The molecule has 8 heteroatoms. The molecular weight excluding hydrogens is 244 g/mol. The fraction of sp³-hybridized carbons (Fsp3) is 0.500. The molecule has 0 amide bonds. The minimum Gasteiger partial charge on any atom is -0.477 e. The number of carboxylic acid groups (broad SMARTS) is 1. The van der Waals surface area contributed by atoms with Crippen molar-refractivity contribution in [2.75, 3.05) is 20.8 Å². The number of nitrogens with zero attached hydrogens (tertiary/aromatic N) is 1. The third-order valence-corrected chi connectivity index (χ3v) is 2.33. The summed E-state index contributed by atoms with van der Waals surface area (Å²) in [4.78, 5) is 35.4. The van der Waals surface area contributed by atoms with Crippen LogP contribution >= 0.6 is 0 Å². The van der Waals surface area contributed by atoms with Crippen LogP contribution in [0.5, 0.6) is 0 Å². The van der Waals surface area contributed by atoms with Gasteiger partial charge in [0.25, 0.3) is 5.56 Å². The summed E-state index contributed by atoms with van der Waals surface area (Å²) in [6, 6.07) is 0. The summed E-state index contributed by atoms with van der Waals surface area (Å²) in [7, 11) is 2.92. The first-order chi connectivity index (χ1) is 8.49. The average Bonchev–Trinajstić information content (AvgIpc) is 2.31. The first kappa shape index (κ1) is 14.1. The molecule has 1 atom stereocenters. The lowest BCUT2D eigenvalue weighted by Crippen LogP contribution is -2.37. The normalized spacial score (nSPS) is 12.3. The third kappa shape index (κ3) is 3.28. The summed E-state index contributed by atoms with van der Waals surface area (Å²) >= 11 is 0. The maximum absolute atomic E-state index is 11.5. The Labute approximate surface area is 102 Å². The van der Waals surface area contributed by atoms with Crippen molar-refractivity contribution in [3.63, 3.8) is 0 Å². The highest BCUT2D eigenvalue weighted by atomic mass is 16.5. The van der Waals surface area contributed by atoms with Crippen molar-refractivity contribution in [2.24, 2.45) is 0 Å². The molecule has 100 valence electrons. The molecule has 0 saturated carbocycles. The van der Waals surface area contributed by atoms with Gasteiger partial charge < -0.3 is 14.6 Å². The summed E-state index contributed by atoms with van der Waals surface area (Å²) in [5.41, 5.74) is -2.12. The van der Waals surface area contributed by atoms with E-state index in [-0.39, 0.29) is 13.2 Å². The van der Waals surface area contributed by atoms with Crippen LogP contribution in [0, 0.1) is 0 Å². The smallest absolute Gasteiger partial charge is 0.342 e. The van der Waals surface area contributed by atoms with Crippen LogP contribution in [0.15, 0.2) is 15.8 Å². The molecule has 0 aromatic carbocycles. The van der Waals surface area contributed by atoms with Gasteiger partial charge in [0.05, 0.1) is 19.3 Å². The topological polar surface area (TPSA) is 111 Å². The van der Waals surface area contributed by atoms with Crippen LogP contribution in [0.1, 0.15) is 10.4 Å². The Morgan fingerprint density at radius 1 is 1.50 bits per heavy atom. The molecule has 0 aliphatic carbocycles. The van der Waals surface area contributed by atoms with Crippen LogP contribution in [0.3, 0.4) is 0 Å². The van der Waals surface area contributed by atoms with Gasteiger partial charge in [-0.25, -0.2) is 9.59 Å². The Balaban J connectivity index is 3.09. The number of nitrogens with one attached hydrogen (secondary N) is 1. The third-order valence-electron chi connectivity index (χ3n) is 2.33. The van der Waals surface area contributed by atoms with Gasteiger partial charge in [-0.05, 0) is 0 Å². The summed E-state index contributed by atoms with van der Waals surface area (Å²) < 4.78 is 11.0. The van der Waals surface area contributed by atoms with Gasteiger partial charge in [-0.2, -0.15) is 0 Å². The molecule has 0 aliphatic heterocycles. The Kier molecular flexibility index (Phi) is 4.81. The average molecular weight is 258 g/mol. The minimum atomic E-state index is -1.40. The maximum atomic E-state index is 11.5. The number of ether oxygens (including phenoxy) is 2. The van der Waals surface area contributed by atoms with Gasteiger partial charge >= 0.3 is 11.7 Å². The van der Waals surface area contributed by atoms with E-state index in [2.05, 4.69) is 0 Å². The molecular formula is C10H14N2O6. The van der Waals surface area contributed by atoms with Crippen molar-refractivity contribution in [1.29, 1.82) is 0 Å². The van der Waals surface area contributed by atoms with Crippen molar-refractivity contribution in [1.82, 2.24) is 9.55 Å². The van der Waals surface area contributed by atoms with E-state index in [9.17, 15) is 14.4 Å². The van der Waals surface area contributed by atoms with Gasteiger partial charge in [-0.15, -0.1) is 0 Å². The number of carboxylic acids is 1. The van der Waals surface area contributed by atoms with Crippen LogP contribution in [0.4, 0.5) is 0 Å². The van der Waals surface area contributed by atoms with E-state index in [1.807, 2.05) is 4.98 Å². The largest absolute Gasteiger partial charge is 0.477 e. The molecule has 0 radical (unpaired) electrons. The van der Waals surface area contributed by atoms with Gasteiger partial charge in [-0.1, -0.05) is 0 Å². The predicted octanol–water partition coefficient (Wildman–Crippen LogP) is -1.10. The van der Waals surface area contributed by atoms with Gasteiger partial charge in [-0.3, -0.25) is 14.3 Å². The van der Waals surface area contributed by atoms with Crippen molar-refractivity contribution >= 4 is 5.97 Å². The Hall–Kier alpha value is -1.93. The summed E-state index contributed by atoms with van der Waals surface area (Å²) in [6.45, 7) is 0.324. The van der Waals surface area contributed by atoms with Gasteiger partial charge in [0.2, 0.25) is 0 Å². The van der Waals surface area contributed by atoms with Crippen molar-refractivity contribution in [3.8, 4) is 0 Å². The summed E-state index contributed by atoms with van der Waals surface area (Å²) in [5.74, 6) is -1.40. The van der Waals surface area contributed by atoms with E-state index < -0.39 is 28.9 Å². The molecule has 1 aromatic rings. The van der Waals surface area contributed by atoms with Crippen molar-refractivity contribution in [2.45, 2.75) is 12.6 Å². The lowest BCUT2D eigenvalue weighted by atomic mass is 10.3. The van der Waals surface area contributed by atoms with Gasteiger partial charge in [0.15, 0.2) is 0 Å². The molecule has 1 rings (SSSR count). The Morgan fingerprint density at radius 2 is 2.17 bits per heavy atom. The second-order valence-electron chi connectivity index (χ2n) is 3.57. The van der Waals surface area contributed by atoms with Crippen LogP contribution in [0.2, 0.25) is 0 Å². The summed E-state index contributed by atoms with van der Waals surface area (Å²) in [5, 5.41) is 8.78. The van der Waals surface area contributed by atoms with E-state index >= 15 is 0 Å². The van der Waals surface area contributed by atoms with E-state index in [0.717, 1.165) is 10.8 Å². The monoisotopic (exact) mass is 258 g/mol. The number of hydrogen-bond acceptors (Lipinski definition) is 5. The highest BCUT2D eigenvalue weighted by Crippen LogP contribution is 1.96. The number of carbonyl (C=O) groups is 1. The molecule has 0 spiro atoms. The summed E-state index contributed by atoms with van der Waals surface area (Å²) in [6.07, 6.45) is 0.575. The van der Waals surface area contributed by atoms with Crippen molar-refractivity contribution in [3.05, 3.63) is 32.6 Å². The van der Waals surface area contributed by atoms with Crippen LogP contribution in [-0.4, -0.2) is 47.6 Å². The zero-order valence-corrected chi connectivity index (χ0v) is 10.0. The van der Waals surface area contributed by atoms with E-state index in [0.29, 0.717) is 0 Å². The molecule has 18 heavy (non-hydrogen) atoms. The fourth-order valence-electron chi connectivity index (χ4n) is 1.40. The van der Waals surface area contributed by atoms with Crippen molar-refractivity contribution < 1.29 is 19.4 Å². The van der Waals surface area contributed by atoms with E-state index in [4.69, 9.17) is 14.6 Å². The fourth-order valence-corrected chi connectivity index (χ4v) is 1.40. The van der Waals surface area contributed by atoms with E-state index in [1.165, 1.54) is 14.2 Å². The zero-order chi connectivity index (χ0) is 13.7. The number of rotatable bonds is 6. The standard InChI is InChI=1S/C10H14N2O6/c1-17-5-6(18-2)3-12-4-7(9(14)15)8(13)11-10(12)16/h4,6H,3,5H2,1-2H3,(H,14,15)(H,11,13,16). The van der Waals surface area contributed by atoms with Gasteiger partial charge in [0, 0.05) is 20.4 Å². The minimum absolute atomic E-state index is 0.0836. The molecule has 0 saturated heterocycles. The molecule has 0 fully saturated rings. The predicted molar refractivity (Wildman–Crippen MR) is 61.0 cm³/mol. The Morgan fingerprint density at radius 3 is 2.67 bits per heavy atom. The lowest BCUT2D eigenvalue weighted by Gasteiger charge is -2.15. The molecule has 8 nitrogen and oxygen atoms in total. The number of hydrogen-bond donors (Lipinski definition) is 2. The first-order valence-corrected chi connectivity index (χ1v) is 5.08. The highest BCUT2D eigenvalue weighted by molar-refractivity contribution is 5.86. The lowest BCUT2D eigenvalue weighted by molar-refractivity contribution is 0.0174. The van der Waals surface area contributed by atoms with Crippen LogP contribution in [0.25, 0.3) is 0 Å². The molecule has 1 unspecified atom stereocenters. The van der Waals surface area contributed by atoms with Gasteiger partial charge in [0.1, 0.15) is 5.56 Å². The number of aromatic nitrogens is 2. The number of H-pyrrole nitrogens is 1. The van der Waals surface area contributed by atoms with Crippen LogP contribution in [-0.2, 0) is 16.0 Å². The quantitative estimate of drug-likeness (QED) is 0.669. The molecule has 1 aromatic heterocycles. The molecule has 1 heterocycles. The zero-order valence-electron chi connectivity index (χ0n) is 10.0.